The number of hydrogen-bond donors (Lipinski definition) is 1. The van der Waals surface area contributed by atoms with Crippen LogP contribution < -0.4 is 5.32 Å². The van der Waals surface area contributed by atoms with Crippen LogP contribution in [-0.2, 0) is 6.42 Å². The minimum Gasteiger partial charge on any atom is -0.345 e. The number of nitrogens with one attached hydrogen (secondary N) is 1. The molecule has 1 N–H and O–H groups in total. The van der Waals surface area contributed by atoms with E-state index in [4.69, 9.17) is 11.6 Å². The van der Waals surface area contributed by atoms with E-state index in [-0.39, 0.29) is 11.3 Å². The van der Waals surface area contributed by atoms with Gasteiger partial charge in [-0.15, -0.1) is 22.9 Å². The monoisotopic (exact) mass is 259 g/mol. The first kappa shape index (κ1) is 13.5. The SMILES string of the molecule is CCc1ccc(C(=O)NC(C)(C)C(C)Cl)s1. The molecule has 1 aromatic rings. The summed E-state index contributed by atoms with van der Waals surface area (Å²) in [7, 11) is 0. The van der Waals surface area contributed by atoms with Crippen LogP contribution >= 0.6 is 22.9 Å². The molecule has 1 aromatic heterocycles. The molecule has 1 amide bonds. The first-order chi connectivity index (χ1) is 7.36. The summed E-state index contributed by atoms with van der Waals surface area (Å²) in [5.74, 6) is -0.0396. The molecular weight excluding hydrogens is 242 g/mol. The Morgan fingerprint density at radius 3 is 2.62 bits per heavy atom. The van der Waals surface area contributed by atoms with Gasteiger partial charge in [0.2, 0.25) is 0 Å². The van der Waals surface area contributed by atoms with Crippen LogP contribution in [-0.4, -0.2) is 16.8 Å². The molecule has 90 valence electrons. The zero-order valence-corrected chi connectivity index (χ0v) is 11.7. The number of thiophene rings is 1. The Morgan fingerprint density at radius 1 is 1.56 bits per heavy atom. The Kier molecular flexibility index (Phi) is 4.39. The van der Waals surface area contributed by atoms with Crippen LogP contribution in [0.4, 0.5) is 0 Å². The van der Waals surface area contributed by atoms with Gasteiger partial charge in [0.05, 0.1) is 15.8 Å². The Balaban J connectivity index is 2.72. The number of halogens is 1. The third kappa shape index (κ3) is 3.22. The second-order valence-corrected chi connectivity index (χ2v) is 6.23. The lowest BCUT2D eigenvalue weighted by Crippen LogP contribution is -2.48. The van der Waals surface area contributed by atoms with Crippen LogP contribution in [0, 0.1) is 0 Å². The normalized spacial score (nSPS) is 13.6. The first-order valence-electron chi connectivity index (χ1n) is 5.42. The number of aryl methyl sites for hydroxylation is 1. The van der Waals surface area contributed by atoms with Crippen molar-refractivity contribution in [2.75, 3.05) is 0 Å². The van der Waals surface area contributed by atoms with Crippen molar-refractivity contribution in [3.8, 4) is 0 Å². The molecule has 0 aromatic carbocycles. The minimum atomic E-state index is -0.394. The molecule has 1 atom stereocenters. The fourth-order valence-corrected chi connectivity index (χ4v) is 2.04. The number of carbonyl (C=O) groups is 1. The lowest BCUT2D eigenvalue weighted by molar-refractivity contribution is 0.0916. The van der Waals surface area contributed by atoms with Gasteiger partial charge in [-0.05, 0) is 39.3 Å². The van der Waals surface area contributed by atoms with E-state index in [2.05, 4.69) is 12.2 Å². The van der Waals surface area contributed by atoms with E-state index in [9.17, 15) is 4.79 Å². The predicted octanol–water partition coefficient (Wildman–Crippen LogP) is 3.45. The molecule has 0 aliphatic rings. The van der Waals surface area contributed by atoms with Crippen LogP contribution in [0.2, 0.25) is 0 Å². The van der Waals surface area contributed by atoms with Crippen LogP contribution in [0.15, 0.2) is 12.1 Å². The molecule has 0 saturated heterocycles. The van der Waals surface area contributed by atoms with Crippen molar-refractivity contribution in [3.63, 3.8) is 0 Å². The molecule has 1 unspecified atom stereocenters. The van der Waals surface area contributed by atoms with E-state index in [1.807, 2.05) is 32.9 Å². The molecule has 1 heterocycles. The maximum atomic E-state index is 11.9. The van der Waals surface area contributed by atoms with Gasteiger partial charge in [-0.1, -0.05) is 6.92 Å². The van der Waals surface area contributed by atoms with Gasteiger partial charge in [0.25, 0.3) is 5.91 Å². The van der Waals surface area contributed by atoms with Crippen molar-refractivity contribution in [2.45, 2.75) is 45.0 Å². The van der Waals surface area contributed by atoms with Crippen molar-refractivity contribution in [3.05, 3.63) is 21.9 Å². The lowest BCUT2D eigenvalue weighted by Gasteiger charge is -2.28. The highest BCUT2D eigenvalue weighted by Gasteiger charge is 2.26. The molecule has 4 heteroatoms. The van der Waals surface area contributed by atoms with Crippen LogP contribution in [0.5, 0.6) is 0 Å². The number of amides is 1. The molecule has 0 aliphatic heterocycles. The highest BCUT2D eigenvalue weighted by molar-refractivity contribution is 7.14. The van der Waals surface area contributed by atoms with Crippen molar-refractivity contribution in [1.29, 1.82) is 0 Å². The molecule has 0 saturated carbocycles. The average Bonchev–Trinajstić information content (AvgIpc) is 2.64. The summed E-state index contributed by atoms with van der Waals surface area (Å²) < 4.78 is 0. The van der Waals surface area contributed by atoms with Crippen molar-refractivity contribution in [1.82, 2.24) is 5.32 Å². The third-order valence-corrected chi connectivity index (χ3v) is 4.44. The lowest BCUT2D eigenvalue weighted by atomic mass is 10.0. The zero-order valence-electron chi connectivity index (χ0n) is 10.1. The predicted molar refractivity (Wildman–Crippen MR) is 70.6 cm³/mol. The van der Waals surface area contributed by atoms with Crippen LogP contribution in [0.25, 0.3) is 0 Å². The summed E-state index contributed by atoms with van der Waals surface area (Å²) in [6.45, 7) is 7.82. The molecule has 0 fully saturated rings. The molecule has 0 bridgehead atoms. The van der Waals surface area contributed by atoms with Gasteiger partial charge in [-0.2, -0.15) is 0 Å². The van der Waals surface area contributed by atoms with Crippen molar-refractivity contribution >= 4 is 28.8 Å². The highest BCUT2D eigenvalue weighted by Crippen LogP contribution is 2.20. The number of rotatable bonds is 4. The summed E-state index contributed by atoms with van der Waals surface area (Å²) >= 11 is 7.56. The van der Waals surface area contributed by atoms with E-state index in [1.54, 1.807) is 0 Å². The fraction of sp³-hybridized carbons (Fsp3) is 0.583. The fourth-order valence-electron chi connectivity index (χ4n) is 1.14. The Labute approximate surface area is 106 Å². The van der Waals surface area contributed by atoms with E-state index in [1.165, 1.54) is 16.2 Å². The smallest absolute Gasteiger partial charge is 0.261 e. The van der Waals surface area contributed by atoms with Gasteiger partial charge in [0.15, 0.2) is 0 Å². The Bertz CT molecular complexity index is 371. The quantitative estimate of drug-likeness (QED) is 0.825. The summed E-state index contributed by atoms with van der Waals surface area (Å²) in [5, 5.41) is 2.84. The van der Waals surface area contributed by atoms with Gasteiger partial charge in [-0.3, -0.25) is 4.79 Å². The molecule has 16 heavy (non-hydrogen) atoms. The molecular formula is C12H18ClNOS. The van der Waals surface area contributed by atoms with E-state index in [0.29, 0.717) is 0 Å². The topological polar surface area (TPSA) is 29.1 Å². The number of carbonyl (C=O) groups excluding carboxylic acids is 1. The molecule has 0 radical (unpaired) electrons. The Hall–Kier alpha value is -0.540. The standard InChI is InChI=1S/C12H18ClNOS/c1-5-9-6-7-10(16-9)11(15)14-12(3,4)8(2)13/h6-8H,5H2,1-4H3,(H,14,15). The van der Waals surface area contributed by atoms with Gasteiger partial charge in [0, 0.05) is 4.88 Å². The van der Waals surface area contributed by atoms with Crippen molar-refractivity contribution < 1.29 is 4.79 Å². The van der Waals surface area contributed by atoms with E-state index >= 15 is 0 Å². The highest BCUT2D eigenvalue weighted by atomic mass is 35.5. The summed E-state index contributed by atoms with van der Waals surface area (Å²) in [6.07, 6.45) is 0.966. The minimum absolute atomic E-state index is 0.0396. The van der Waals surface area contributed by atoms with Crippen LogP contribution in [0.1, 0.15) is 42.2 Å². The third-order valence-electron chi connectivity index (χ3n) is 2.66. The zero-order chi connectivity index (χ0) is 12.3. The van der Waals surface area contributed by atoms with Gasteiger partial charge >= 0.3 is 0 Å². The Morgan fingerprint density at radius 2 is 2.19 bits per heavy atom. The van der Waals surface area contributed by atoms with Crippen molar-refractivity contribution in [2.24, 2.45) is 0 Å². The second kappa shape index (κ2) is 5.19. The van der Waals surface area contributed by atoms with E-state index < -0.39 is 5.54 Å². The largest absolute Gasteiger partial charge is 0.345 e. The maximum absolute atomic E-state index is 11.9. The summed E-state index contributed by atoms with van der Waals surface area (Å²) in [6, 6.07) is 3.87. The molecule has 0 aliphatic carbocycles. The first-order valence-corrected chi connectivity index (χ1v) is 6.67. The maximum Gasteiger partial charge on any atom is 0.261 e. The average molecular weight is 260 g/mol. The molecule has 0 spiro atoms. The summed E-state index contributed by atoms with van der Waals surface area (Å²) in [4.78, 5) is 13.9. The number of alkyl halides is 1. The molecule has 2 nitrogen and oxygen atoms in total. The second-order valence-electron chi connectivity index (χ2n) is 4.41. The van der Waals surface area contributed by atoms with Gasteiger partial charge < -0.3 is 5.32 Å². The van der Waals surface area contributed by atoms with Crippen LogP contribution in [0.3, 0.4) is 0 Å². The number of hydrogen-bond acceptors (Lipinski definition) is 2. The van der Waals surface area contributed by atoms with E-state index in [0.717, 1.165) is 11.3 Å². The van der Waals surface area contributed by atoms with Gasteiger partial charge in [0.1, 0.15) is 0 Å². The molecule has 1 rings (SSSR count). The van der Waals surface area contributed by atoms with Gasteiger partial charge in [-0.25, -0.2) is 0 Å². The summed E-state index contributed by atoms with van der Waals surface area (Å²) in [5.41, 5.74) is -0.394.